The molecule has 3 rings (SSSR count). The van der Waals surface area contributed by atoms with Gasteiger partial charge in [-0.1, -0.05) is 42.5 Å². The third-order valence-electron chi connectivity index (χ3n) is 4.87. The maximum Gasteiger partial charge on any atom is 0.475 e. The number of benzene rings is 2. The molecule has 1 amide bonds. The highest BCUT2D eigenvalue weighted by Crippen LogP contribution is 2.17. The van der Waals surface area contributed by atoms with E-state index >= 15 is 0 Å². The molecule has 0 saturated heterocycles. The summed E-state index contributed by atoms with van der Waals surface area (Å²) >= 11 is 0. The van der Waals surface area contributed by atoms with Crippen LogP contribution in [-0.2, 0) is 11.2 Å². The van der Waals surface area contributed by atoms with Crippen LogP contribution in [0.4, 0.5) is 5.69 Å². The summed E-state index contributed by atoms with van der Waals surface area (Å²) in [6.07, 6.45) is 5.40. The Balaban J connectivity index is 1.55. The fourth-order valence-electron chi connectivity index (χ4n) is 3.21. The lowest BCUT2D eigenvalue weighted by Crippen LogP contribution is -2.47. The molecule has 0 fully saturated rings. The molecule has 0 aliphatic rings. The van der Waals surface area contributed by atoms with Gasteiger partial charge in [0, 0.05) is 24.5 Å². The van der Waals surface area contributed by atoms with Gasteiger partial charge in [-0.15, -0.1) is 0 Å². The molecule has 0 spiro atoms. The number of aromatic nitrogens is 1. The molecule has 1 heterocycles. The number of nitrogens with two attached hydrogens (primary N) is 2. The zero-order chi connectivity index (χ0) is 22.2. The highest BCUT2D eigenvalue weighted by molar-refractivity contribution is 6.43. The minimum Gasteiger partial charge on any atom is -0.426 e. The van der Waals surface area contributed by atoms with Crippen molar-refractivity contribution in [3.05, 3.63) is 84.5 Å². The lowest BCUT2D eigenvalue weighted by Gasteiger charge is -2.18. The number of fused-ring (bicyclic) bond motifs is 1. The molecule has 0 bridgehead atoms. The molecule has 31 heavy (non-hydrogen) atoms. The predicted molar refractivity (Wildman–Crippen MR) is 122 cm³/mol. The molecule has 3 aromatic rings. The Labute approximate surface area is 181 Å². The molecule has 0 aliphatic carbocycles. The number of hydrazine groups is 1. The molecule has 0 aliphatic heterocycles. The number of rotatable bonds is 9. The number of nitrogens with one attached hydrogen (secondary N) is 1. The van der Waals surface area contributed by atoms with Crippen LogP contribution < -0.4 is 21.9 Å². The number of allylic oxidation sites excluding steroid dienone is 1. The number of amides is 1. The third-order valence-corrected chi connectivity index (χ3v) is 4.87. The maximum absolute atomic E-state index is 12.3. The smallest absolute Gasteiger partial charge is 0.426 e. The van der Waals surface area contributed by atoms with Crippen LogP contribution in [0.2, 0.25) is 0 Å². The first kappa shape index (κ1) is 22.3. The van der Waals surface area contributed by atoms with Crippen LogP contribution in [0.3, 0.4) is 0 Å². The van der Waals surface area contributed by atoms with Gasteiger partial charge >= 0.3 is 7.12 Å². The van der Waals surface area contributed by atoms with Gasteiger partial charge in [0.1, 0.15) is 0 Å². The minimum atomic E-state index is -1.69. The predicted octanol–water partition coefficient (Wildman–Crippen LogP) is 1.23. The standard InChI is InChI=1S/C22H26BN5O3/c24-19(15-28(25)20-6-3-11-26-14-20)9-10-22(29)27-21(23(30)31)13-16-7-8-17-4-1-2-5-18(17)12-16/h1-8,11-12,14-15,21,30-31H,9-10,13,24-25H2,(H,27,29)/b19-15-/t21-/m0/s1. The quantitative estimate of drug-likeness (QED) is 0.200. The van der Waals surface area contributed by atoms with Crippen molar-refractivity contribution in [2.24, 2.45) is 11.6 Å². The van der Waals surface area contributed by atoms with Crippen molar-refractivity contribution in [3.8, 4) is 0 Å². The van der Waals surface area contributed by atoms with Gasteiger partial charge < -0.3 is 21.1 Å². The van der Waals surface area contributed by atoms with Gasteiger partial charge in [-0.25, -0.2) is 5.84 Å². The zero-order valence-electron chi connectivity index (χ0n) is 17.1. The molecule has 7 N–H and O–H groups in total. The van der Waals surface area contributed by atoms with Gasteiger partial charge in [0.05, 0.1) is 17.8 Å². The summed E-state index contributed by atoms with van der Waals surface area (Å²) in [7, 11) is -1.69. The highest BCUT2D eigenvalue weighted by Gasteiger charge is 2.25. The number of nitrogens with zero attached hydrogens (tertiary/aromatic N) is 2. The van der Waals surface area contributed by atoms with Gasteiger partial charge in [0.15, 0.2) is 0 Å². The SMILES string of the molecule is N/C(=C\N(N)c1cccnc1)CCC(=O)N[C@@H](Cc1ccc2ccccc2c1)B(O)O. The Morgan fingerprint density at radius 3 is 2.61 bits per heavy atom. The number of hydrogen-bond acceptors (Lipinski definition) is 7. The average Bonchev–Trinajstić information content (AvgIpc) is 2.77. The molecule has 0 unspecified atom stereocenters. The second kappa shape index (κ2) is 10.6. The molecular weight excluding hydrogens is 393 g/mol. The second-order valence-corrected chi connectivity index (χ2v) is 7.30. The Hall–Kier alpha value is -3.40. The van der Waals surface area contributed by atoms with Crippen LogP contribution in [0, 0.1) is 0 Å². The summed E-state index contributed by atoms with van der Waals surface area (Å²) in [5.41, 5.74) is 7.94. The first-order valence-corrected chi connectivity index (χ1v) is 9.95. The van der Waals surface area contributed by atoms with E-state index in [1.54, 1.807) is 24.5 Å². The van der Waals surface area contributed by atoms with Gasteiger partial charge in [0.25, 0.3) is 0 Å². The van der Waals surface area contributed by atoms with Crippen LogP contribution >= 0.6 is 0 Å². The van der Waals surface area contributed by atoms with E-state index in [1.165, 1.54) is 11.2 Å². The summed E-state index contributed by atoms with van der Waals surface area (Å²) in [5.74, 6) is 4.75. The van der Waals surface area contributed by atoms with Crippen molar-refractivity contribution in [2.75, 3.05) is 5.01 Å². The van der Waals surface area contributed by atoms with Crippen molar-refractivity contribution < 1.29 is 14.8 Å². The molecule has 0 radical (unpaired) electrons. The normalized spacial score (nSPS) is 12.4. The van der Waals surface area contributed by atoms with E-state index in [0.29, 0.717) is 11.4 Å². The van der Waals surface area contributed by atoms with Gasteiger partial charge in [0.2, 0.25) is 5.91 Å². The topological polar surface area (TPSA) is 138 Å². The fraction of sp³-hybridized carbons (Fsp3) is 0.182. The first-order chi connectivity index (χ1) is 14.9. The molecular formula is C22H26BN5O3. The minimum absolute atomic E-state index is 0.0875. The van der Waals surface area contributed by atoms with Crippen molar-refractivity contribution in [1.82, 2.24) is 10.3 Å². The van der Waals surface area contributed by atoms with Crippen LogP contribution in [0.25, 0.3) is 10.8 Å². The molecule has 160 valence electrons. The summed E-state index contributed by atoms with van der Waals surface area (Å²) in [6, 6.07) is 17.3. The zero-order valence-corrected chi connectivity index (χ0v) is 17.1. The number of pyridine rings is 1. The Morgan fingerprint density at radius 1 is 1.13 bits per heavy atom. The van der Waals surface area contributed by atoms with E-state index in [2.05, 4.69) is 10.3 Å². The Kier molecular flexibility index (Phi) is 7.61. The van der Waals surface area contributed by atoms with Crippen molar-refractivity contribution >= 4 is 29.5 Å². The van der Waals surface area contributed by atoms with Gasteiger partial charge in [-0.3, -0.25) is 14.8 Å². The molecule has 8 nitrogen and oxygen atoms in total. The molecule has 0 saturated carbocycles. The van der Waals surface area contributed by atoms with E-state index in [-0.39, 0.29) is 25.2 Å². The van der Waals surface area contributed by atoms with Crippen molar-refractivity contribution in [2.45, 2.75) is 25.2 Å². The molecule has 9 heteroatoms. The number of carbonyl (C=O) groups is 1. The second-order valence-electron chi connectivity index (χ2n) is 7.30. The summed E-state index contributed by atoms with van der Waals surface area (Å²) in [6.45, 7) is 0. The summed E-state index contributed by atoms with van der Waals surface area (Å²) < 4.78 is 0. The van der Waals surface area contributed by atoms with E-state index in [9.17, 15) is 14.8 Å². The monoisotopic (exact) mass is 419 g/mol. The Morgan fingerprint density at radius 2 is 1.90 bits per heavy atom. The highest BCUT2D eigenvalue weighted by atomic mass is 16.4. The largest absolute Gasteiger partial charge is 0.475 e. The fourth-order valence-corrected chi connectivity index (χ4v) is 3.21. The molecule has 1 atom stereocenters. The number of hydrogen-bond donors (Lipinski definition) is 5. The Bertz CT molecular complexity index is 1050. The van der Waals surface area contributed by atoms with E-state index in [0.717, 1.165) is 16.3 Å². The van der Waals surface area contributed by atoms with E-state index in [4.69, 9.17) is 11.6 Å². The third kappa shape index (κ3) is 6.55. The maximum atomic E-state index is 12.3. The van der Waals surface area contributed by atoms with E-state index < -0.39 is 13.1 Å². The summed E-state index contributed by atoms with van der Waals surface area (Å²) in [4.78, 5) is 16.3. The molecule has 1 aromatic heterocycles. The lowest BCUT2D eigenvalue weighted by atomic mass is 9.75. The van der Waals surface area contributed by atoms with Crippen LogP contribution in [0.1, 0.15) is 18.4 Å². The van der Waals surface area contributed by atoms with Crippen LogP contribution in [0.15, 0.2) is 78.9 Å². The number of carbonyl (C=O) groups excluding carboxylic acids is 1. The van der Waals surface area contributed by atoms with Crippen LogP contribution in [0.5, 0.6) is 0 Å². The average molecular weight is 419 g/mol. The summed E-state index contributed by atoms with van der Waals surface area (Å²) in [5, 5.41) is 25.6. The van der Waals surface area contributed by atoms with Crippen LogP contribution in [-0.4, -0.2) is 34.0 Å². The number of anilines is 1. The van der Waals surface area contributed by atoms with Crippen molar-refractivity contribution in [3.63, 3.8) is 0 Å². The van der Waals surface area contributed by atoms with Gasteiger partial charge in [-0.05, 0) is 41.3 Å². The first-order valence-electron chi connectivity index (χ1n) is 9.95. The lowest BCUT2D eigenvalue weighted by molar-refractivity contribution is -0.121. The van der Waals surface area contributed by atoms with E-state index in [1.807, 2.05) is 42.5 Å². The molecule has 2 aromatic carbocycles. The van der Waals surface area contributed by atoms with Gasteiger partial charge in [-0.2, -0.15) is 0 Å². The van der Waals surface area contributed by atoms with Crippen molar-refractivity contribution in [1.29, 1.82) is 0 Å².